The highest BCUT2D eigenvalue weighted by Crippen LogP contribution is 2.31. The molecule has 2 N–H and O–H groups in total. The lowest BCUT2D eigenvalue weighted by atomic mass is 9.95. The summed E-state index contributed by atoms with van der Waals surface area (Å²) < 4.78 is 0. The van der Waals surface area contributed by atoms with E-state index >= 15 is 0 Å². The molecule has 1 saturated carbocycles. The van der Waals surface area contributed by atoms with Crippen LogP contribution >= 0.6 is 11.6 Å². The lowest BCUT2D eigenvalue weighted by Gasteiger charge is -2.30. The highest BCUT2D eigenvalue weighted by Gasteiger charge is 2.22. The van der Waals surface area contributed by atoms with Crippen molar-refractivity contribution in [3.63, 3.8) is 0 Å². The van der Waals surface area contributed by atoms with Gasteiger partial charge in [-0.2, -0.15) is 0 Å². The molecule has 0 spiro atoms. The van der Waals surface area contributed by atoms with Gasteiger partial charge in [0, 0.05) is 46.8 Å². The number of nitrogens with one attached hydrogen (secondary N) is 2. The molecule has 0 unspecified atom stereocenters. The van der Waals surface area contributed by atoms with Gasteiger partial charge in [-0.3, -0.25) is 0 Å². The summed E-state index contributed by atoms with van der Waals surface area (Å²) >= 11 is 6.15. The van der Waals surface area contributed by atoms with Gasteiger partial charge in [0.05, 0.1) is 0 Å². The molecule has 5 heteroatoms. The molecule has 1 aliphatic carbocycles. The van der Waals surface area contributed by atoms with Crippen molar-refractivity contribution in [2.45, 2.75) is 44.6 Å². The second-order valence-electron chi connectivity index (χ2n) is 7.10. The number of nitrogens with zero attached hydrogens (tertiary/aromatic N) is 1. The number of aromatic nitrogens is 1. The number of aromatic amines is 1. The summed E-state index contributed by atoms with van der Waals surface area (Å²) in [5.74, 6) is 0. The smallest absolute Gasteiger partial charge is 0.317 e. The van der Waals surface area contributed by atoms with Crippen molar-refractivity contribution >= 4 is 34.1 Å². The van der Waals surface area contributed by atoms with Crippen molar-refractivity contribution in [3.05, 3.63) is 41.1 Å². The second kappa shape index (κ2) is 7.12. The summed E-state index contributed by atoms with van der Waals surface area (Å²) in [6, 6.07) is 6.36. The van der Waals surface area contributed by atoms with Crippen LogP contribution in [0.15, 0.2) is 30.5 Å². The minimum absolute atomic E-state index is 0.0872. The number of rotatable bonds is 2. The van der Waals surface area contributed by atoms with E-state index in [-0.39, 0.29) is 6.03 Å². The summed E-state index contributed by atoms with van der Waals surface area (Å²) in [7, 11) is 0. The molecule has 0 radical (unpaired) electrons. The van der Waals surface area contributed by atoms with Crippen molar-refractivity contribution in [2.75, 3.05) is 13.1 Å². The van der Waals surface area contributed by atoms with Gasteiger partial charge in [-0.25, -0.2) is 4.79 Å². The third-order valence-corrected chi connectivity index (χ3v) is 5.65. The standard InChI is InChI=1S/C20H24ClN3O/c21-15-6-7-19-17(12-15)18(13-22-19)14-8-10-24(11-9-14)20(25)23-16-4-2-1-3-5-16/h6-8,12-13,16,22H,1-5,9-11H2,(H,23,25). The number of H-pyrrole nitrogens is 1. The van der Waals surface area contributed by atoms with Gasteiger partial charge in [0.1, 0.15) is 0 Å². The molecule has 4 nitrogen and oxygen atoms in total. The van der Waals surface area contributed by atoms with Gasteiger partial charge >= 0.3 is 6.03 Å². The maximum Gasteiger partial charge on any atom is 0.317 e. The predicted octanol–water partition coefficient (Wildman–Crippen LogP) is 4.95. The fourth-order valence-corrected chi connectivity index (χ4v) is 4.14. The van der Waals surface area contributed by atoms with Gasteiger partial charge in [0.15, 0.2) is 0 Å². The summed E-state index contributed by atoms with van der Waals surface area (Å²) in [6.07, 6.45) is 11.1. The fourth-order valence-electron chi connectivity index (χ4n) is 3.97. The number of fused-ring (bicyclic) bond motifs is 1. The Morgan fingerprint density at radius 1 is 1.24 bits per heavy atom. The third-order valence-electron chi connectivity index (χ3n) is 5.42. The molecule has 25 heavy (non-hydrogen) atoms. The number of hydrogen-bond donors (Lipinski definition) is 2. The molecule has 4 rings (SSSR count). The number of hydrogen-bond acceptors (Lipinski definition) is 1. The molecule has 0 saturated heterocycles. The predicted molar refractivity (Wildman–Crippen MR) is 103 cm³/mol. The number of carbonyl (C=O) groups excluding carboxylic acids is 1. The molecule has 1 fully saturated rings. The Kier molecular flexibility index (Phi) is 4.71. The zero-order valence-corrected chi connectivity index (χ0v) is 15.1. The topological polar surface area (TPSA) is 48.1 Å². The first-order valence-electron chi connectivity index (χ1n) is 9.22. The molecule has 1 aromatic heterocycles. The average molecular weight is 358 g/mol. The number of urea groups is 1. The first kappa shape index (κ1) is 16.5. The van der Waals surface area contributed by atoms with Crippen LogP contribution in [0.25, 0.3) is 16.5 Å². The SMILES string of the molecule is O=C(NC1CCCCC1)N1CC=C(c2c[nH]c3ccc(Cl)cc23)CC1. The Bertz CT molecular complexity index is 804. The van der Waals surface area contributed by atoms with Crippen LogP contribution in [0.5, 0.6) is 0 Å². The molecule has 2 heterocycles. The van der Waals surface area contributed by atoms with Crippen LogP contribution < -0.4 is 5.32 Å². The summed E-state index contributed by atoms with van der Waals surface area (Å²) in [6.45, 7) is 1.43. The Morgan fingerprint density at radius 3 is 2.84 bits per heavy atom. The van der Waals surface area contributed by atoms with Crippen LogP contribution in [0, 0.1) is 0 Å². The molecule has 1 aromatic carbocycles. The highest BCUT2D eigenvalue weighted by molar-refractivity contribution is 6.31. The minimum atomic E-state index is 0.0872. The molecule has 2 aromatic rings. The molecular weight excluding hydrogens is 334 g/mol. The van der Waals surface area contributed by atoms with Crippen LogP contribution in [0.4, 0.5) is 4.79 Å². The maximum atomic E-state index is 12.5. The van der Waals surface area contributed by atoms with E-state index in [1.54, 1.807) is 0 Å². The van der Waals surface area contributed by atoms with Crippen LogP contribution in [0.3, 0.4) is 0 Å². The van der Waals surface area contributed by atoms with E-state index in [2.05, 4.69) is 16.4 Å². The van der Waals surface area contributed by atoms with Crippen LogP contribution in [0.1, 0.15) is 44.1 Å². The quantitative estimate of drug-likeness (QED) is 0.784. The van der Waals surface area contributed by atoms with E-state index in [0.717, 1.165) is 41.7 Å². The van der Waals surface area contributed by atoms with Crippen molar-refractivity contribution < 1.29 is 4.79 Å². The van der Waals surface area contributed by atoms with E-state index in [1.807, 2.05) is 29.3 Å². The normalized spacial score (nSPS) is 19.1. The number of benzene rings is 1. The number of carbonyl (C=O) groups is 1. The zero-order valence-electron chi connectivity index (χ0n) is 14.4. The Morgan fingerprint density at radius 2 is 2.08 bits per heavy atom. The van der Waals surface area contributed by atoms with E-state index < -0.39 is 0 Å². The third kappa shape index (κ3) is 3.54. The van der Waals surface area contributed by atoms with Crippen molar-refractivity contribution in [1.82, 2.24) is 15.2 Å². The molecule has 2 aliphatic rings. The van der Waals surface area contributed by atoms with Gasteiger partial charge in [-0.1, -0.05) is 36.9 Å². The van der Waals surface area contributed by atoms with Crippen molar-refractivity contribution in [2.24, 2.45) is 0 Å². The lowest BCUT2D eigenvalue weighted by Crippen LogP contribution is -2.46. The second-order valence-corrected chi connectivity index (χ2v) is 7.54. The van der Waals surface area contributed by atoms with Gasteiger partial charge < -0.3 is 15.2 Å². The van der Waals surface area contributed by atoms with E-state index in [4.69, 9.17) is 11.6 Å². The van der Waals surface area contributed by atoms with Crippen LogP contribution in [0.2, 0.25) is 5.02 Å². The molecule has 2 amide bonds. The first-order valence-corrected chi connectivity index (χ1v) is 9.60. The van der Waals surface area contributed by atoms with Gasteiger partial charge in [-0.15, -0.1) is 0 Å². The maximum absolute atomic E-state index is 12.5. The fraction of sp³-hybridized carbons (Fsp3) is 0.450. The van der Waals surface area contributed by atoms with E-state index in [1.165, 1.54) is 30.4 Å². The average Bonchev–Trinajstić information content (AvgIpc) is 3.05. The van der Waals surface area contributed by atoms with E-state index in [0.29, 0.717) is 12.6 Å². The number of halogens is 1. The molecular formula is C20H24ClN3O. The van der Waals surface area contributed by atoms with Crippen LogP contribution in [-0.4, -0.2) is 35.0 Å². The molecule has 0 bridgehead atoms. The monoisotopic (exact) mass is 357 g/mol. The largest absolute Gasteiger partial charge is 0.361 e. The summed E-state index contributed by atoms with van der Waals surface area (Å²) in [5, 5.41) is 5.11. The van der Waals surface area contributed by atoms with Gasteiger partial charge in [0.25, 0.3) is 0 Å². The Balaban J connectivity index is 1.44. The molecule has 132 valence electrons. The minimum Gasteiger partial charge on any atom is -0.361 e. The Hall–Kier alpha value is -1.94. The zero-order chi connectivity index (χ0) is 17.2. The van der Waals surface area contributed by atoms with Crippen molar-refractivity contribution in [1.29, 1.82) is 0 Å². The summed E-state index contributed by atoms with van der Waals surface area (Å²) in [5.41, 5.74) is 3.58. The Labute approximate surface area is 153 Å². The van der Waals surface area contributed by atoms with Crippen molar-refractivity contribution in [3.8, 4) is 0 Å². The number of amides is 2. The summed E-state index contributed by atoms with van der Waals surface area (Å²) in [4.78, 5) is 17.7. The van der Waals surface area contributed by atoms with Crippen LogP contribution in [-0.2, 0) is 0 Å². The van der Waals surface area contributed by atoms with Gasteiger partial charge in [0.2, 0.25) is 0 Å². The van der Waals surface area contributed by atoms with E-state index in [9.17, 15) is 4.79 Å². The molecule has 1 aliphatic heterocycles. The van der Waals surface area contributed by atoms with Gasteiger partial charge in [-0.05, 0) is 43.0 Å². The highest BCUT2D eigenvalue weighted by atomic mass is 35.5. The lowest BCUT2D eigenvalue weighted by molar-refractivity contribution is 0.195. The molecule has 0 atom stereocenters. The first-order chi connectivity index (χ1) is 12.2.